The molecule has 5 nitrogen and oxygen atoms in total. The molecule has 0 spiro atoms. The molecule has 2 heterocycles. The predicted molar refractivity (Wildman–Crippen MR) is 146 cm³/mol. The van der Waals surface area contributed by atoms with Crippen LogP contribution in [0.5, 0.6) is 0 Å². The Hall–Kier alpha value is -3.25. The van der Waals surface area contributed by atoms with E-state index in [9.17, 15) is 5.11 Å². The predicted octanol–water partition coefficient (Wildman–Crippen LogP) is 5.14. The quantitative estimate of drug-likeness (QED) is 0.343. The van der Waals surface area contributed by atoms with Gasteiger partial charge in [-0.15, -0.1) is 0 Å². The number of aliphatic hydroxyl groups excluding tert-OH is 1. The normalized spacial score (nSPS) is 16.2. The Morgan fingerprint density at radius 2 is 1.33 bits per heavy atom. The number of aryl methyl sites for hydroxylation is 3. The van der Waals surface area contributed by atoms with E-state index in [1.165, 1.54) is 22.3 Å². The third-order valence-corrected chi connectivity index (χ3v) is 7.36. The molecule has 0 saturated carbocycles. The van der Waals surface area contributed by atoms with Gasteiger partial charge in [0.05, 0.1) is 11.7 Å². The van der Waals surface area contributed by atoms with Gasteiger partial charge in [-0.25, -0.2) is 4.98 Å². The van der Waals surface area contributed by atoms with Gasteiger partial charge in [0.15, 0.2) is 0 Å². The maximum atomic E-state index is 12.1. The Morgan fingerprint density at radius 1 is 0.778 bits per heavy atom. The zero-order valence-corrected chi connectivity index (χ0v) is 21.4. The van der Waals surface area contributed by atoms with E-state index in [-0.39, 0.29) is 12.0 Å². The highest BCUT2D eigenvalue weighted by Gasteiger charge is 2.38. The highest BCUT2D eigenvalue weighted by atomic mass is 16.3. The van der Waals surface area contributed by atoms with Crippen molar-refractivity contribution in [2.24, 2.45) is 0 Å². The molecule has 3 N–H and O–H groups in total. The fourth-order valence-corrected chi connectivity index (χ4v) is 5.36. The highest BCUT2D eigenvalue weighted by Crippen LogP contribution is 2.39. The molecule has 4 aromatic rings. The standard InChI is InChI=1S/C31H36N4O/c1-21-9-13-24(14-10-21)27(25-15-11-22(2)12-16-25)29(35-19-17-32-18-20-35)30(36)28-23(3)33-31(34-28)26-7-5-4-6-8-26/h4-16,27,29-30,32,36H,17-20H2,1-3H3,(H,33,34). The van der Waals surface area contributed by atoms with Gasteiger partial charge in [-0.05, 0) is 31.9 Å². The number of nitrogens with one attached hydrogen (secondary N) is 2. The van der Waals surface area contributed by atoms with Gasteiger partial charge in [0.25, 0.3) is 0 Å². The van der Waals surface area contributed by atoms with Gasteiger partial charge in [-0.3, -0.25) is 4.90 Å². The molecule has 186 valence electrons. The second kappa shape index (κ2) is 10.8. The smallest absolute Gasteiger partial charge is 0.137 e. The van der Waals surface area contributed by atoms with E-state index < -0.39 is 6.10 Å². The zero-order valence-electron chi connectivity index (χ0n) is 21.4. The molecule has 0 bridgehead atoms. The molecule has 2 atom stereocenters. The van der Waals surface area contributed by atoms with E-state index in [1.54, 1.807) is 0 Å². The highest BCUT2D eigenvalue weighted by molar-refractivity contribution is 5.56. The minimum atomic E-state index is -0.760. The first-order valence-corrected chi connectivity index (χ1v) is 12.9. The van der Waals surface area contributed by atoms with Crippen LogP contribution < -0.4 is 5.32 Å². The number of hydrogen-bond donors (Lipinski definition) is 3. The van der Waals surface area contributed by atoms with Crippen molar-refractivity contribution in [3.63, 3.8) is 0 Å². The Bertz CT molecular complexity index is 1210. The minimum absolute atomic E-state index is 0.00410. The number of piperazine rings is 1. The summed E-state index contributed by atoms with van der Waals surface area (Å²) in [7, 11) is 0. The summed E-state index contributed by atoms with van der Waals surface area (Å²) < 4.78 is 0. The first kappa shape index (κ1) is 24.4. The number of H-pyrrole nitrogens is 1. The van der Waals surface area contributed by atoms with Crippen molar-refractivity contribution in [2.45, 2.75) is 38.8 Å². The number of aromatic nitrogens is 2. The topological polar surface area (TPSA) is 64.2 Å². The molecule has 5 rings (SSSR count). The zero-order chi connectivity index (χ0) is 25.1. The third-order valence-electron chi connectivity index (χ3n) is 7.36. The average molecular weight is 481 g/mol. The summed E-state index contributed by atoms with van der Waals surface area (Å²) in [6, 6.07) is 27.5. The van der Waals surface area contributed by atoms with Crippen molar-refractivity contribution in [1.29, 1.82) is 0 Å². The summed E-state index contributed by atoms with van der Waals surface area (Å²) in [4.78, 5) is 10.8. The van der Waals surface area contributed by atoms with Gasteiger partial charge in [-0.1, -0.05) is 90.0 Å². The molecule has 1 aliphatic heterocycles. The van der Waals surface area contributed by atoms with Gasteiger partial charge in [0.1, 0.15) is 11.9 Å². The summed E-state index contributed by atoms with van der Waals surface area (Å²) in [5.41, 5.74) is 7.54. The van der Waals surface area contributed by atoms with E-state index in [4.69, 9.17) is 4.98 Å². The number of imidazole rings is 1. The molecule has 1 aliphatic rings. The van der Waals surface area contributed by atoms with Crippen LogP contribution >= 0.6 is 0 Å². The number of aliphatic hydroxyl groups is 1. The van der Waals surface area contributed by atoms with Crippen LogP contribution in [0.1, 0.15) is 45.7 Å². The van der Waals surface area contributed by atoms with Crippen LogP contribution in [0.2, 0.25) is 0 Å². The lowest BCUT2D eigenvalue weighted by molar-refractivity contribution is 0.0295. The van der Waals surface area contributed by atoms with E-state index >= 15 is 0 Å². The van der Waals surface area contributed by atoms with Crippen molar-refractivity contribution in [3.05, 3.63) is 113 Å². The largest absolute Gasteiger partial charge is 0.385 e. The summed E-state index contributed by atoms with van der Waals surface area (Å²) >= 11 is 0. The van der Waals surface area contributed by atoms with E-state index in [1.807, 2.05) is 37.3 Å². The molecule has 36 heavy (non-hydrogen) atoms. The van der Waals surface area contributed by atoms with Gasteiger partial charge in [-0.2, -0.15) is 0 Å². The van der Waals surface area contributed by atoms with Gasteiger partial charge >= 0.3 is 0 Å². The maximum Gasteiger partial charge on any atom is 0.137 e. The van der Waals surface area contributed by atoms with Crippen LogP contribution in [0, 0.1) is 20.8 Å². The lowest BCUT2D eigenvalue weighted by Gasteiger charge is -2.42. The molecule has 2 unspecified atom stereocenters. The fourth-order valence-electron chi connectivity index (χ4n) is 5.36. The van der Waals surface area contributed by atoms with Crippen molar-refractivity contribution in [2.75, 3.05) is 26.2 Å². The van der Waals surface area contributed by atoms with Crippen LogP contribution in [0.3, 0.4) is 0 Å². The molecule has 0 amide bonds. The number of benzene rings is 3. The van der Waals surface area contributed by atoms with Crippen molar-refractivity contribution >= 4 is 0 Å². The second-order valence-corrected chi connectivity index (χ2v) is 9.98. The molecule has 1 aromatic heterocycles. The summed E-state index contributed by atoms with van der Waals surface area (Å²) in [6.07, 6.45) is -0.760. The molecular formula is C31H36N4O. The molecule has 5 heteroatoms. The molecule has 0 radical (unpaired) electrons. The van der Waals surface area contributed by atoms with Crippen molar-refractivity contribution in [1.82, 2.24) is 20.2 Å². The SMILES string of the molecule is Cc1ccc(C(c2ccc(C)cc2)C(C(O)c2nc(-c3ccccc3)[nH]c2C)N2CCNCC2)cc1. The Balaban J connectivity index is 1.61. The van der Waals surface area contributed by atoms with Gasteiger partial charge in [0, 0.05) is 43.4 Å². The van der Waals surface area contributed by atoms with Gasteiger partial charge in [0.2, 0.25) is 0 Å². The third kappa shape index (κ3) is 5.14. The average Bonchev–Trinajstić information content (AvgIpc) is 3.31. The van der Waals surface area contributed by atoms with Gasteiger partial charge < -0.3 is 15.4 Å². The molecule has 1 saturated heterocycles. The van der Waals surface area contributed by atoms with Crippen LogP contribution in [0.15, 0.2) is 78.9 Å². The summed E-state index contributed by atoms with van der Waals surface area (Å²) in [5, 5.41) is 15.6. The fraction of sp³-hybridized carbons (Fsp3) is 0.323. The number of rotatable bonds is 7. The first-order valence-electron chi connectivity index (χ1n) is 12.9. The van der Waals surface area contributed by atoms with Crippen LogP contribution in [0.4, 0.5) is 0 Å². The lowest BCUT2D eigenvalue weighted by Crippen LogP contribution is -2.52. The van der Waals surface area contributed by atoms with Crippen LogP contribution in [-0.4, -0.2) is 52.2 Å². The van der Waals surface area contributed by atoms with E-state index in [0.29, 0.717) is 0 Å². The number of nitrogens with zero attached hydrogens (tertiary/aromatic N) is 2. The molecule has 3 aromatic carbocycles. The minimum Gasteiger partial charge on any atom is -0.385 e. The molecule has 0 aliphatic carbocycles. The molecular weight excluding hydrogens is 444 g/mol. The monoisotopic (exact) mass is 480 g/mol. The van der Waals surface area contributed by atoms with E-state index in [0.717, 1.165) is 49.0 Å². The van der Waals surface area contributed by atoms with Crippen LogP contribution in [0.25, 0.3) is 11.4 Å². The summed E-state index contributed by atoms with van der Waals surface area (Å²) in [5.74, 6) is 0.791. The Morgan fingerprint density at radius 3 is 1.89 bits per heavy atom. The number of aromatic amines is 1. The lowest BCUT2D eigenvalue weighted by atomic mass is 9.80. The second-order valence-electron chi connectivity index (χ2n) is 9.98. The molecule has 1 fully saturated rings. The van der Waals surface area contributed by atoms with E-state index in [2.05, 4.69) is 77.6 Å². The Kier molecular flexibility index (Phi) is 7.33. The maximum absolute atomic E-state index is 12.1. The van der Waals surface area contributed by atoms with Crippen molar-refractivity contribution in [3.8, 4) is 11.4 Å². The Labute approximate surface area is 214 Å². The van der Waals surface area contributed by atoms with Crippen molar-refractivity contribution < 1.29 is 5.11 Å². The number of hydrogen-bond acceptors (Lipinski definition) is 4. The summed E-state index contributed by atoms with van der Waals surface area (Å²) in [6.45, 7) is 9.82. The van der Waals surface area contributed by atoms with Crippen LogP contribution in [-0.2, 0) is 0 Å². The first-order chi connectivity index (χ1) is 17.5.